The fourth-order valence-electron chi connectivity index (χ4n) is 3.14. The van der Waals surface area contributed by atoms with Gasteiger partial charge in [0.25, 0.3) is 10.0 Å². The van der Waals surface area contributed by atoms with Crippen molar-refractivity contribution in [2.75, 3.05) is 29.4 Å². The maximum absolute atomic E-state index is 12.5. The van der Waals surface area contributed by atoms with Gasteiger partial charge in [-0.2, -0.15) is 0 Å². The summed E-state index contributed by atoms with van der Waals surface area (Å²) in [4.78, 5) is 12.6. The van der Waals surface area contributed by atoms with Crippen molar-refractivity contribution in [2.45, 2.75) is 17.7 Å². The first-order chi connectivity index (χ1) is 13.6. The van der Waals surface area contributed by atoms with Crippen LogP contribution in [-0.2, 0) is 24.8 Å². The van der Waals surface area contributed by atoms with Gasteiger partial charge >= 0.3 is 0 Å². The fourth-order valence-corrected chi connectivity index (χ4v) is 5.11. The molecule has 2 aromatic carbocycles. The van der Waals surface area contributed by atoms with Crippen LogP contribution in [0.3, 0.4) is 0 Å². The molecule has 0 saturated carbocycles. The van der Waals surface area contributed by atoms with Crippen LogP contribution in [0.25, 0.3) is 0 Å². The summed E-state index contributed by atoms with van der Waals surface area (Å²) >= 11 is 0. The molecule has 1 fully saturated rings. The van der Waals surface area contributed by atoms with E-state index in [4.69, 9.17) is 0 Å². The highest BCUT2D eigenvalue weighted by molar-refractivity contribution is 7.92. The summed E-state index contributed by atoms with van der Waals surface area (Å²) in [6, 6.07) is 14.4. The molecule has 156 valence electrons. The second-order valence-electron chi connectivity index (χ2n) is 6.95. The Morgan fingerprint density at radius 1 is 0.966 bits per heavy atom. The molecule has 1 aliphatic rings. The number of carbonyl (C=O) groups excluding carboxylic acids is 1. The van der Waals surface area contributed by atoms with E-state index in [0.29, 0.717) is 30.8 Å². The smallest absolute Gasteiger partial charge is 0.261 e. The van der Waals surface area contributed by atoms with Crippen LogP contribution in [0.1, 0.15) is 12.8 Å². The van der Waals surface area contributed by atoms with Crippen LogP contribution in [0.5, 0.6) is 0 Å². The van der Waals surface area contributed by atoms with Gasteiger partial charge in [-0.3, -0.25) is 9.52 Å². The van der Waals surface area contributed by atoms with Gasteiger partial charge < -0.3 is 5.32 Å². The predicted octanol–water partition coefficient (Wildman–Crippen LogP) is 2.10. The first kappa shape index (κ1) is 21.3. The molecule has 1 saturated heterocycles. The Morgan fingerprint density at radius 3 is 2.24 bits per heavy atom. The van der Waals surface area contributed by atoms with Gasteiger partial charge in [-0.1, -0.05) is 18.2 Å². The van der Waals surface area contributed by atoms with Crippen LogP contribution in [0.2, 0.25) is 0 Å². The number of rotatable bonds is 6. The predicted molar refractivity (Wildman–Crippen MR) is 111 cm³/mol. The number of anilines is 2. The Bertz CT molecular complexity index is 1070. The second kappa shape index (κ2) is 8.52. The molecule has 0 spiro atoms. The molecule has 3 rings (SSSR count). The summed E-state index contributed by atoms with van der Waals surface area (Å²) in [5.41, 5.74) is 0.905. The largest absolute Gasteiger partial charge is 0.326 e. The lowest BCUT2D eigenvalue weighted by Gasteiger charge is -2.30. The normalized spacial score (nSPS) is 18.2. The number of sulfonamides is 2. The Labute approximate surface area is 171 Å². The molecular formula is C19H23N3O5S2. The quantitative estimate of drug-likeness (QED) is 0.719. The number of nitrogens with one attached hydrogen (secondary N) is 2. The Balaban J connectivity index is 1.65. The Hall–Kier alpha value is -2.43. The van der Waals surface area contributed by atoms with E-state index in [0.717, 1.165) is 6.26 Å². The number of piperidine rings is 1. The van der Waals surface area contributed by atoms with E-state index in [1.807, 2.05) is 0 Å². The minimum absolute atomic E-state index is 0.0697. The zero-order valence-electron chi connectivity index (χ0n) is 15.9. The zero-order valence-corrected chi connectivity index (χ0v) is 17.5. The van der Waals surface area contributed by atoms with Crippen LogP contribution in [0.4, 0.5) is 11.4 Å². The van der Waals surface area contributed by atoms with Crippen molar-refractivity contribution >= 4 is 37.3 Å². The number of hydrogen-bond acceptors (Lipinski definition) is 5. The lowest BCUT2D eigenvalue weighted by Crippen LogP contribution is -2.43. The molecule has 0 bridgehead atoms. The number of para-hydroxylation sites is 1. The molecule has 1 amide bonds. The lowest BCUT2D eigenvalue weighted by molar-refractivity contribution is -0.120. The summed E-state index contributed by atoms with van der Waals surface area (Å²) in [5.74, 6) is -0.724. The van der Waals surface area contributed by atoms with Crippen molar-refractivity contribution < 1.29 is 21.6 Å². The fraction of sp³-hybridized carbons (Fsp3) is 0.316. The highest BCUT2D eigenvalue weighted by Crippen LogP contribution is 2.22. The number of hydrogen-bond donors (Lipinski definition) is 2. The first-order valence-corrected chi connectivity index (χ1v) is 12.4. The molecule has 1 atom stereocenters. The monoisotopic (exact) mass is 437 g/mol. The standard InChI is InChI=1S/C19H23N3O5S2/c1-28(24,25)22-13-5-6-15(14-22)19(23)20-16-9-11-18(12-10-16)29(26,27)21-17-7-3-2-4-8-17/h2-4,7-12,15,21H,5-6,13-14H2,1H3,(H,20,23)/t15-/m1/s1. The molecule has 0 radical (unpaired) electrons. The topological polar surface area (TPSA) is 113 Å². The van der Waals surface area contributed by atoms with E-state index in [2.05, 4.69) is 10.0 Å². The van der Waals surface area contributed by atoms with Crippen molar-refractivity contribution in [3.63, 3.8) is 0 Å². The summed E-state index contributed by atoms with van der Waals surface area (Å²) in [7, 11) is -7.07. The van der Waals surface area contributed by atoms with Crippen LogP contribution in [0, 0.1) is 5.92 Å². The van der Waals surface area contributed by atoms with Gasteiger partial charge in [-0.15, -0.1) is 0 Å². The molecule has 0 aliphatic carbocycles. The van der Waals surface area contributed by atoms with Crippen LogP contribution >= 0.6 is 0 Å². The molecule has 1 aliphatic heterocycles. The molecule has 0 unspecified atom stereocenters. The second-order valence-corrected chi connectivity index (χ2v) is 10.6. The number of nitrogens with zero attached hydrogens (tertiary/aromatic N) is 1. The zero-order chi connectivity index (χ0) is 21.1. The Morgan fingerprint density at radius 2 is 1.62 bits per heavy atom. The maximum Gasteiger partial charge on any atom is 0.261 e. The van der Waals surface area contributed by atoms with Gasteiger partial charge in [-0.25, -0.2) is 21.1 Å². The van der Waals surface area contributed by atoms with Crippen molar-refractivity contribution in [1.82, 2.24) is 4.31 Å². The van der Waals surface area contributed by atoms with Crippen molar-refractivity contribution in [1.29, 1.82) is 0 Å². The average Bonchev–Trinajstić information content (AvgIpc) is 2.68. The SMILES string of the molecule is CS(=O)(=O)N1CCC[C@@H](C(=O)Nc2ccc(S(=O)(=O)Nc3ccccc3)cc2)C1. The molecule has 10 heteroatoms. The van der Waals surface area contributed by atoms with E-state index in [1.54, 1.807) is 30.3 Å². The van der Waals surface area contributed by atoms with Gasteiger partial charge in [0.05, 0.1) is 17.1 Å². The number of amides is 1. The van der Waals surface area contributed by atoms with Crippen molar-refractivity contribution in [3.8, 4) is 0 Å². The minimum Gasteiger partial charge on any atom is -0.326 e. The molecule has 1 heterocycles. The molecule has 29 heavy (non-hydrogen) atoms. The molecule has 2 N–H and O–H groups in total. The Kier molecular flexibility index (Phi) is 6.25. The number of benzene rings is 2. The third-order valence-corrected chi connectivity index (χ3v) is 7.35. The van der Waals surface area contributed by atoms with Gasteiger partial charge in [0.2, 0.25) is 15.9 Å². The van der Waals surface area contributed by atoms with Crippen LogP contribution in [0.15, 0.2) is 59.5 Å². The highest BCUT2D eigenvalue weighted by Gasteiger charge is 2.30. The van der Waals surface area contributed by atoms with E-state index >= 15 is 0 Å². The van der Waals surface area contributed by atoms with Gasteiger partial charge in [0, 0.05) is 24.5 Å². The average molecular weight is 438 g/mol. The summed E-state index contributed by atoms with van der Waals surface area (Å²) in [6.45, 7) is 0.571. The van der Waals surface area contributed by atoms with Crippen molar-refractivity contribution in [2.24, 2.45) is 5.92 Å². The number of carbonyl (C=O) groups is 1. The third kappa shape index (κ3) is 5.55. The summed E-state index contributed by atoms with van der Waals surface area (Å²) in [5, 5.41) is 2.74. The molecular weight excluding hydrogens is 414 g/mol. The first-order valence-electron chi connectivity index (χ1n) is 9.09. The van der Waals surface area contributed by atoms with Crippen molar-refractivity contribution in [3.05, 3.63) is 54.6 Å². The molecule has 2 aromatic rings. The van der Waals surface area contributed by atoms with E-state index < -0.39 is 26.0 Å². The van der Waals surface area contributed by atoms with E-state index in [-0.39, 0.29) is 17.3 Å². The van der Waals surface area contributed by atoms with Gasteiger partial charge in [0.15, 0.2) is 0 Å². The van der Waals surface area contributed by atoms with E-state index in [1.165, 1.54) is 28.6 Å². The molecule has 0 aromatic heterocycles. The van der Waals surface area contributed by atoms with Gasteiger partial charge in [0.1, 0.15) is 0 Å². The third-order valence-electron chi connectivity index (χ3n) is 4.68. The van der Waals surface area contributed by atoms with Gasteiger partial charge in [-0.05, 0) is 49.2 Å². The summed E-state index contributed by atoms with van der Waals surface area (Å²) in [6.07, 6.45) is 2.36. The minimum atomic E-state index is -3.74. The van der Waals surface area contributed by atoms with Crippen LogP contribution < -0.4 is 10.0 Å². The lowest BCUT2D eigenvalue weighted by atomic mass is 9.99. The summed E-state index contributed by atoms with van der Waals surface area (Å²) < 4.78 is 52.1. The van der Waals surface area contributed by atoms with E-state index in [9.17, 15) is 21.6 Å². The van der Waals surface area contributed by atoms with Crippen LogP contribution in [-0.4, -0.2) is 46.4 Å². The highest BCUT2D eigenvalue weighted by atomic mass is 32.2. The maximum atomic E-state index is 12.5. The molecule has 8 nitrogen and oxygen atoms in total.